The monoisotopic (exact) mass is 253 g/mol. The zero-order valence-electron chi connectivity index (χ0n) is 10.5. The zero-order valence-corrected chi connectivity index (χ0v) is 10.5. The predicted octanol–water partition coefficient (Wildman–Crippen LogP) is 1.76. The summed E-state index contributed by atoms with van der Waals surface area (Å²) in [7, 11) is 0. The van der Waals surface area contributed by atoms with Crippen molar-refractivity contribution in [2.45, 2.75) is 13.1 Å². The number of benzene rings is 1. The maximum absolute atomic E-state index is 5.59. The van der Waals surface area contributed by atoms with Gasteiger partial charge in [-0.05, 0) is 17.2 Å². The van der Waals surface area contributed by atoms with Crippen molar-refractivity contribution in [3.05, 3.63) is 66.4 Å². The third-order valence-electron chi connectivity index (χ3n) is 2.95. The molecule has 1 aromatic carbocycles. The number of nitrogens with two attached hydrogens (primary N) is 1. The molecule has 0 aliphatic carbocycles. The van der Waals surface area contributed by atoms with Gasteiger partial charge in [-0.25, -0.2) is 4.98 Å². The first-order chi connectivity index (χ1) is 9.29. The number of imidazole rings is 1. The van der Waals surface area contributed by atoms with E-state index >= 15 is 0 Å². The van der Waals surface area contributed by atoms with E-state index in [1.54, 1.807) is 12.5 Å². The SMILES string of the molecule is Nc1cn(Cc2ccc(Cn3cccn3)cc2)cn1. The van der Waals surface area contributed by atoms with Crippen LogP contribution in [0.5, 0.6) is 0 Å². The maximum atomic E-state index is 5.59. The number of aromatic nitrogens is 4. The standard InChI is InChI=1S/C14H15N5/c15-14-10-18(11-16-14)8-12-2-4-13(5-3-12)9-19-7-1-6-17-19/h1-7,10-11H,8-9,15H2. The van der Waals surface area contributed by atoms with Gasteiger partial charge in [0.2, 0.25) is 0 Å². The molecule has 2 heterocycles. The minimum Gasteiger partial charge on any atom is -0.382 e. The summed E-state index contributed by atoms with van der Waals surface area (Å²) in [5, 5.41) is 4.19. The highest BCUT2D eigenvalue weighted by molar-refractivity contribution is 5.26. The van der Waals surface area contributed by atoms with Crippen LogP contribution in [0.2, 0.25) is 0 Å². The highest BCUT2D eigenvalue weighted by atomic mass is 15.3. The van der Waals surface area contributed by atoms with E-state index in [0.29, 0.717) is 5.82 Å². The molecule has 0 amide bonds. The van der Waals surface area contributed by atoms with Gasteiger partial charge in [-0.2, -0.15) is 5.10 Å². The quantitative estimate of drug-likeness (QED) is 0.770. The Kier molecular flexibility index (Phi) is 3.02. The number of anilines is 1. The van der Waals surface area contributed by atoms with Gasteiger partial charge in [-0.15, -0.1) is 0 Å². The van der Waals surface area contributed by atoms with Crippen LogP contribution in [-0.2, 0) is 13.1 Å². The van der Waals surface area contributed by atoms with Crippen molar-refractivity contribution in [3.63, 3.8) is 0 Å². The van der Waals surface area contributed by atoms with Gasteiger partial charge < -0.3 is 10.3 Å². The molecule has 19 heavy (non-hydrogen) atoms. The second-order valence-corrected chi connectivity index (χ2v) is 4.49. The van der Waals surface area contributed by atoms with Gasteiger partial charge in [-0.1, -0.05) is 24.3 Å². The molecule has 0 radical (unpaired) electrons. The third kappa shape index (κ3) is 2.82. The summed E-state index contributed by atoms with van der Waals surface area (Å²) in [6.07, 6.45) is 7.32. The molecule has 3 aromatic rings. The fourth-order valence-electron chi connectivity index (χ4n) is 2.01. The predicted molar refractivity (Wildman–Crippen MR) is 73.5 cm³/mol. The Hall–Kier alpha value is -2.56. The summed E-state index contributed by atoms with van der Waals surface area (Å²) in [5.41, 5.74) is 8.05. The van der Waals surface area contributed by atoms with Crippen LogP contribution in [0.25, 0.3) is 0 Å². The maximum Gasteiger partial charge on any atom is 0.141 e. The van der Waals surface area contributed by atoms with Crippen LogP contribution >= 0.6 is 0 Å². The van der Waals surface area contributed by atoms with E-state index in [1.807, 2.05) is 27.7 Å². The molecule has 0 bridgehead atoms. The van der Waals surface area contributed by atoms with Gasteiger partial charge in [0, 0.05) is 25.1 Å². The molecule has 3 rings (SSSR count). The van der Waals surface area contributed by atoms with Crippen molar-refractivity contribution in [3.8, 4) is 0 Å². The van der Waals surface area contributed by atoms with Crippen LogP contribution in [-0.4, -0.2) is 19.3 Å². The Bertz CT molecular complexity index is 637. The molecule has 0 spiro atoms. The van der Waals surface area contributed by atoms with Crippen molar-refractivity contribution >= 4 is 5.82 Å². The minimum atomic E-state index is 0.551. The van der Waals surface area contributed by atoms with Crippen molar-refractivity contribution in [1.29, 1.82) is 0 Å². The molecule has 5 nitrogen and oxygen atoms in total. The second-order valence-electron chi connectivity index (χ2n) is 4.49. The molecule has 5 heteroatoms. The number of rotatable bonds is 4. The van der Waals surface area contributed by atoms with Crippen LogP contribution in [0.4, 0.5) is 5.82 Å². The lowest BCUT2D eigenvalue weighted by Gasteiger charge is -2.05. The number of nitrogen functional groups attached to an aromatic ring is 1. The Labute approximate surface area is 111 Å². The molecular formula is C14H15N5. The van der Waals surface area contributed by atoms with Crippen molar-refractivity contribution in [2.75, 3.05) is 5.73 Å². The number of hydrogen-bond acceptors (Lipinski definition) is 3. The Morgan fingerprint density at radius 1 is 1.05 bits per heavy atom. The van der Waals surface area contributed by atoms with Gasteiger partial charge >= 0.3 is 0 Å². The van der Waals surface area contributed by atoms with Gasteiger partial charge in [0.05, 0.1) is 12.9 Å². The lowest BCUT2D eigenvalue weighted by Crippen LogP contribution is -2.01. The van der Waals surface area contributed by atoms with E-state index < -0.39 is 0 Å². The average molecular weight is 253 g/mol. The van der Waals surface area contributed by atoms with Crippen molar-refractivity contribution in [1.82, 2.24) is 19.3 Å². The summed E-state index contributed by atoms with van der Waals surface area (Å²) in [4.78, 5) is 4.01. The van der Waals surface area contributed by atoms with Crippen LogP contribution in [0.3, 0.4) is 0 Å². The van der Waals surface area contributed by atoms with Crippen molar-refractivity contribution in [2.24, 2.45) is 0 Å². The van der Waals surface area contributed by atoms with Gasteiger partial charge in [0.25, 0.3) is 0 Å². The van der Waals surface area contributed by atoms with E-state index in [-0.39, 0.29) is 0 Å². The van der Waals surface area contributed by atoms with E-state index in [4.69, 9.17) is 5.73 Å². The molecule has 0 aliphatic rings. The fraction of sp³-hybridized carbons (Fsp3) is 0.143. The smallest absolute Gasteiger partial charge is 0.141 e. The Morgan fingerprint density at radius 3 is 2.37 bits per heavy atom. The van der Waals surface area contributed by atoms with E-state index in [1.165, 1.54) is 11.1 Å². The fourth-order valence-corrected chi connectivity index (χ4v) is 2.01. The zero-order chi connectivity index (χ0) is 13.1. The Balaban J connectivity index is 1.68. The van der Waals surface area contributed by atoms with E-state index in [9.17, 15) is 0 Å². The highest BCUT2D eigenvalue weighted by Crippen LogP contribution is 2.08. The topological polar surface area (TPSA) is 61.7 Å². The molecule has 0 unspecified atom stereocenters. The molecule has 0 saturated carbocycles. The summed E-state index contributed by atoms with van der Waals surface area (Å²) in [6, 6.07) is 10.4. The molecule has 0 atom stereocenters. The first-order valence-electron chi connectivity index (χ1n) is 6.12. The number of hydrogen-bond donors (Lipinski definition) is 1. The van der Waals surface area contributed by atoms with Gasteiger partial charge in [-0.3, -0.25) is 4.68 Å². The Morgan fingerprint density at radius 2 is 1.79 bits per heavy atom. The van der Waals surface area contributed by atoms with Crippen LogP contribution in [0.1, 0.15) is 11.1 Å². The van der Waals surface area contributed by atoms with Gasteiger partial charge in [0.15, 0.2) is 0 Å². The van der Waals surface area contributed by atoms with E-state index in [0.717, 1.165) is 13.1 Å². The van der Waals surface area contributed by atoms with Crippen LogP contribution in [0, 0.1) is 0 Å². The third-order valence-corrected chi connectivity index (χ3v) is 2.95. The second kappa shape index (κ2) is 4.97. The lowest BCUT2D eigenvalue weighted by molar-refractivity contribution is 0.686. The first kappa shape index (κ1) is 11.5. The van der Waals surface area contributed by atoms with Crippen LogP contribution in [0.15, 0.2) is 55.2 Å². The first-order valence-corrected chi connectivity index (χ1v) is 6.12. The molecule has 2 aromatic heterocycles. The normalized spacial score (nSPS) is 10.7. The largest absolute Gasteiger partial charge is 0.382 e. The average Bonchev–Trinajstić information content (AvgIpc) is 3.04. The minimum absolute atomic E-state index is 0.551. The molecule has 96 valence electrons. The lowest BCUT2D eigenvalue weighted by atomic mass is 10.1. The molecule has 0 saturated heterocycles. The summed E-state index contributed by atoms with van der Waals surface area (Å²) < 4.78 is 3.88. The summed E-state index contributed by atoms with van der Waals surface area (Å²) in [6.45, 7) is 1.58. The van der Waals surface area contributed by atoms with Gasteiger partial charge in [0.1, 0.15) is 5.82 Å². The summed E-state index contributed by atoms with van der Waals surface area (Å²) >= 11 is 0. The molecule has 0 fully saturated rings. The molecule has 0 aliphatic heterocycles. The number of nitrogens with zero attached hydrogens (tertiary/aromatic N) is 4. The summed E-state index contributed by atoms with van der Waals surface area (Å²) in [5.74, 6) is 0.551. The van der Waals surface area contributed by atoms with E-state index in [2.05, 4.69) is 34.3 Å². The molecule has 2 N–H and O–H groups in total. The van der Waals surface area contributed by atoms with Crippen LogP contribution < -0.4 is 5.73 Å². The van der Waals surface area contributed by atoms with Crippen molar-refractivity contribution < 1.29 is 0 Å². The molecular weight excluding hydrogens is 238 g/mol. The highest BCUT2D eigenvalue weighted by Gasteiger charge is 1.99.